The number of aryl methyl sites for hydroxylation is 1. The Morgan fingerprint density at radius 2 is 1.74 bits per heavy atom. The lowest BCUT2D eigenvalue weighted by Gasteiger charge is -2.18. The number of amides is 1. The fourth-order valence-corrected chi connectivity index (χ4v) is 3.65. The SMILES string of the molecule is CN(C)C(=O)c1cc(OCc2ccccc2)c(C(=O)Cc2cccnc2)cc1-c1cnn(C)c1. The molecule has 0 aliphatic rings. The summed E-state index contributed by atoms with van der Waals surface area (Å²) in [5, 5.41) is 4.25. The van der Waals surface area contributed by atoms with Crippen LogP contribution < -0.4 is 4.74 Å². The summed E-state index contributed by atoms with van der Waals surface area (Å²) in [6.45, 7) is 0.274. The molecule has 2 aromatic carbocycles. The van der Waals surface area contributed by atoms with Gasteiger partial charge in [0, 0.05) is 51.7 Å². The van der Waals surface area contributed by atoms with E-state index in [4.69, 9.17) is 4.74 Å². The standard InChI is InChI=1S/C27H26N4O3/c1-30(2)27(33)23-14-26(34-18-19-8-5-4-6-9-19)24(13-22(23)21-16-29-31(3)17-21)25(32)12-20-10-7-11-28-15-20/h4-11,13-17H,12,18H2,1-3H3. The van der Waals surface area contributed by atoms with Gasteiger partial charge in [0.1, 0.15) is 12.4 Å². The smallest absolute Gasteiger partial charge is 0.254 e. The van der Waals surface area contributed by atoms with E-state index in [2.05, 4.69) is 10.1 Å². The fraction of sp³-hybridized carbons (Fsp3) is 0.185. The highest BCUT2D eigenvalue weighted by Gasteiger charge is 2.23. The number of ether oxygens (including phenoxy) is 1. The molecule has 0 spiro atoms. The summed E-state index contributed by atoms with van der Waals surface area (Å²) in [6.07, 6.45) is 7.02. The number of rotatable bonds is 8. The minimum Gasteiger partial charge on any atom is -0.488 e. The Bertz CT molecular complexity index is 1300. The van der Waals surface area contributed by atoms with Crippen LogP contribution in [-0.2, 0) is 20.1 Å². The lowest BCUT2D eigenvalue weighted by molar-refractivity contribution is 0.0827. The predicted molar refractivity (Wildman–Crippen MR) is 130 cm³/mol. The number of ketones is 1. The van der Waals surface area contributed by atoms with Crippen LogP contribution in [0.3, 0.4) is 0 Å². The van der Waals surface area contributed by atoms with Gasteiger partial charge in [-0.2, -0.15) is 5.10 Å². The number of hydrogen-bond acceptors (Lipinski definition) is 5. The van der Waals surface area contributed by atoms with E-state index in [0.717, 1.165) is 16.7 Å². The summed E-state index contributed by atoms with van der Waals surface area (Å²) in [7, 11) is 5.20. The molecule has 0 radical (unpaired) electrons. The topological polar surface area (TPSA) is 77.3 Å². The third-order valence-corrected chi connectivity index (χ3v) is 5.40. The monoisotopic (exact) mass is 454 g/mol. The third-order valence-electron chi connectivity index (χ3n) is 5.40. The summed E-state index contributed by atoms with van der Waals surface area (Å²) < 4.78 is 7.78. The molecule has 1 amide bonds. The van der Waals surface area contributed by atoms with Crippen LogP contribution in [0.2, 0.25) is 0 Å². The van der Waals surface area contributed by atoms with E-state index in [1.165, 1.54) is 4.90 Å². The molecular weight excluding hydrogens is 428 g/mol. The van der Waals surface area contributed by atoms with Crippen molar-refractivity contribution in [3.05, 3.63) is 102 Å². The summed E-state index contributed by atoms with van der Waals surface area (Å²) in [5.74, 6) is 0.0651. The molecule has 2 aromatic heterocycles. The van der Waals surface area contributed by atoms with E-state index >= 15 is 0 Å². The van der Waals surface area contributed by atoms with Crippen LogP contribution in [0.4, 0.5) is 0 Å². The van der Waals surface area contributed by atoms with Crippen molar-refractivity contribution in [3.63, 3.8) is 0 Å². The van der Waals surface area contributed by atoms with Crippen molar-refractivity contribution in [2.75, 3.05) is 14.1 Å². The van der Waals surface area contributed by atoms with Crippen LogP contribution in [0.5, 0.6) is 5.75 Å². The Labute approximate surface area is 198 Å². The number of benzene rings is 2. The number of pyridine rings is 1. The highest BCUT2D eigenvalue weighted by molar-refractivity contribution is 6.06. The second-order valence-corrected chi connectivity index (χ2v) is 8.23. The second-order valence-electron chi connectivity index (χ2n) is 8.23. The lowest BCUT2D eigenvalue weighted by atomic mass is 9.94. The van der Waals surface area contributed by atoms with Crippen molar-refractivity contribution in [1.29, 1.82) is 0 Å². The molecule has 34 heavy (non-hydrogen) atoms. The summed E-state index contributed by atoms with van der Waals surface area (Å²) in [6, 6.07) is 16.8. The first-order valence-electron chi connectivity index (χ1n) is 10.9. The van der Waals surface area contributed by atoms with Crippen LogP contribution in [0, 0.1) is 0 Å². The molecule has 4 aromatic rings. The van der Waals surface area contributed by atoms with Crippen LogP contribution in [0.15, 0.2) is 79.4 Å². The molecule has 0 atom stereocenters. The van der Waals surface area contributed by atoms with E-state index in [1.807, 2.05) is 49.6 Å². The molecule has 172 valence electrons. The van der Waals surface area contributed by atoms with Gasteiger partial charge in [0.15, 0.2) is 5.78 Å². The predicted octanol–water partition coefficient (Wildman–Crippen LogP) is 4.19. The molecule has 0 fully saturated rings. The van der Waals surface area contributed by atoms with Gasteiger partial charge in [-0.05, 0) is 34.9 Å². The van der Waals surface area contributed by atoms with Gasteiger partial charge < -0.3 is 9.64 Å². The Morgan fingerprint density at radius 3 is 2.38 bits per heavy atom. The average molecular weight is 455 g/mol. The van der Waals surface area contributed by atoms with Gasteiger partial charge in [0.25, 0.3) is 5.91 Å². The average Bonchev–Trinajstić information content (AvgIpc) is 3.29. The summed E-state index contributed by atoms with van der Waals surface area (Å²) in [4.78, 5) is 32.1. The van der Waals surface area contributed by atoms with Gasteiger partial charge in [0.05, 0.1) is 17.3 Å². The minimum absolute atomic E-state index is 0.120. The van der Waals surface area contributed by atoms with E-state index in [9.17, 15) is 9.59 Å². The number of carbonyl (C=O) groups is 2. The van der Waals surface area contributed by atoms with E-state index in [-0.39, 0.29) is 24.7 Å². The minimum atomic E-state index is -0.185. The quantitative estimate of drug-likeness (QED) is 0.373. The molecule has 0 aliphatic heterocycles. The van der Waals surface area contributed by atoms with E-state index in [1.54, 1.807) is 55.6 Å². The summed E-state index contributed by atoms with van der Waals surface area (Å²) in [5.41, 5.74) is 4.00. The number of hydrogen-bond donors (Lipinski definition) is 0. The number of nitrogens with zero attached hydrogens (tertiary/aromatic N) is 4. The van der Waals surface area contributed by atoms with Crippen molar-refractivity contribution in [2.45, 2.75) is 13.0 Å². The van der Waals surface area contributed by atoms with Crippen molar-refractivity contribution in [1.82, 2.24) is 19.7 Å². The maximum absolute atomic E-state index is 13.4. The zero-order valence-corrected chi connectivity index (χ0v) is 19.4. The third kappa shape index (κ3) is 5.20. The van der Waals surface area contributed by atoms with E-state index in [0.29, 0.717) is 22.4 Å². The Hall–Kier alpha value is -4.26. The van der Waals surface area contributed by atoms with Gasteiger partial charge in [-0.15, -0.1) is 0 Å². The first-order chi connectivity index (χ1) is 16.4. The van der Waals surface area contributed by atoms with E-state index < -0.39 is 0 Å². The maximum atomic E-state index is 13.4. The van der Waals surface area contributed by atoms with Crippen LogP contribution >= 0.6 is 0 Å². The molecular formula is C27H26N4O3. The Morgan fingerprint density at radius 1 is 0.971 bits per heavy atom. The first-order valence-corrected chi connectivity index (χ1v) is 10.9. The van der Waals surface area contributed by atoms with Crippen LogP contribution in [-0.4, -0.2) is 45.5 Å². The Balaban J connectivity index is 1.81. The highest BCUT2D eigenvalue weighted by atomic mass is 16.5. The van der Waals surface area contributed by atoms with Gasteiger partial charge in [-0.3, -0.25) is 19.3 Å². The largest absolute Gasteiger partial charge is 0.488 e. The number of carbonyl (C=O) groups excluding carboxylic acids is 2. The van der Waals surface area contributed by atoms with Crippen molar-refractivity contribution in [2.24, 2.45) is 7.05 Å². The molecule has 7 heteroatoms. The zero-order valence-electron chi connectivity index (χ0n) is 19.4. The lowest BCUT2D eigenvalue weighted by Crippen LogP contribution is -2.23. The van der Waals surface area contributed by atoms with Gasteiger partial charge in [0.2, 0.25) is 0 Å². The number of aromatic nitrogens is 3. The van der Waals surface area contributed by atoms with Crippen LogP contribution in [0.25, 0.3) is 11.1 Å². The normalized spacial score (nSPS) is 10.7. The summed E-state index contributed by atoms with van der Waals surface area (Å²) >= 11 is 0. The molecule has 4 rings (SSSR count). The maximum Gasteiger partial charge on any atom is 0.254 e. The molecule has 0 aliphatic carbocycles. The molecule has 0 N–H and O–H groups in total. The molecule has 0 bridgehead atoms. The van der Waals surface area contributed by atoms with Crippen molar-refractivity contribution >= 4 is 11.7 Å². The zero-order chi connectivity index (χ0) is 24.1. The van der Waals surface area contributed by atoms with Gasteiger partial charge in [-0.25, -0.2) is 0 Å². The molecule has 0 unspecified atom stereocenters. The first kappa shape index (κ1) is 22.9. The van der Waals surface area contributed by atoms with Crippen molar-refractivity contribution < 1.29 is 14.3 Å². The fourth-order valence-electron chi connectivity index (χ4n) is 3.65. The Kier molecular flexibility index (Phi) is 6.82. The van der Waals surface area contributed by atoms with Crippen LogP contribution in [0.1, 0.15) is 31.8 Å². The second kappa shape index (κ2) is 10.1. The van der Waals surface area contributed by atoms with Gasteiger partial charge in [-0.1, -0.05) is 36.4 Å². The molecule has 0 saturated heterocycles. The molecule has 7 nitrogen and oxygen atoms in total. The molecule has 2 heterocycles. The van der Waals surface area contributed by atoms with Crippen molar-refractivity contribution in [3.8, 4) is 16.9 Å². The molecule has 0 saturated carbocycles. The number of Topliss-reactive ketones (excluding diaryl/α,β-unsaturated/α-hetero) is 1. The highest BCUT2D eigenvalue weighted by Crippen LogP contribution is 2.33. The van der Waals surface area contributed by atoms with Gasteiger partial charge >= 0.3 is 0 Å².